The van der Waals surface area contributed by atoms with E-state index in [4.69, 9.17) is 9.26 Å². The maximum absolute atomic E-state index is 11.8. The monoisotopic (exact) mass is 304 g/mol. The SMILES string of the molecule is COCCNC(=O)c1nc(CC(=O)Nc2ccccc2)no1. The molecule has 0 atom stereocenters. The molecule has 2 N–H and O–H groups in total. The third kappa shape index (κ3) is 4.67. The van der Waals surface area contributed by atoms with Crippen LogP contribution in [-0.4, -0.2) is 42.2 Å². The zero-order valence-electron chi connectivity index (χ0n) is 12.0. The number of ether oxygens (including phenoxy) is 1. The topological polar surface area (TPSA) is 106 Å². The first kappa shape index (κ1) is 15.6. The van der Waals surface area contributed by atoms with Crippen molar-refractivity contribution in [1.82, 2.24) is 15.5 Å². The van der Waals surface area contributed by atoms with E-state index in [-0.39, 0.29) is 24.0 Å². The van der Waals surface area contributed by atoms with Gasteiger partial charge < -0.3 is 19.9 Å². The van der Waals surface area contributed by atoms with Crippen molar-refractivity contribution in [2.24, 2.45) is 0 Å². The van der Waals surface area contributed by atoms with Crippen molar-refractivity contribution in [2.75, 3.05) is 25.6 Å². The third-order valence-electron chi connectivity index (χ3n) is 2.63. The van der Waals surface area contributed by atoms with Crippen molar-refractivity contribution in [3.63, 3.8) is 0 Å². The lowest BCUT2D eigenvalue weighted by atomic mass is 10.3. The van der Waals surface area contributed by atoms with Gasteiger partial charge in [-0.25, -0.2) is 0 Å². The summed E-state index contributed by atoms with van der Waals surface area (Å²) in [5.41, 5.74) is 0.675. The molecule has 0 aliphatic carbocycles. The molecule has 8 nitrogen and oxygen atoms in total. The summed E-state index contributed by atoms with van der Waals surface area (Å²) < 4.78 is 9.62. The quantitative estimate of drug-likeness (QED) is 0.727. The van der Waals surface area contributed by atoms with Crippen LogP contribution in [0.25, 0.3) is 0 Å². The van der Waals surface area contributed by atoms with Gasteiger partial charge >= 0.3 is 11.8 Å². The van der Waals surface area contributed by atoms with Crippen molar-refractivity contribution >= 4 is 17.5 Å². The van der Waals surface area contributed by atoms with Crippen molar-refractivity contribution in [3.05, 3.63) is 42.0 Å². The second-order valence-corrected chi connectivity index (χ2v) is 4.36. The van der Waals surface area contributed by atoms with Gasteiger partial charge in [0.1, 0.15) is 0 Å². The second-order valence-electron chi connectivity index (χ2n) is 4.36. The average Bonchev–Trinajstić information content (AvgIpc) is 2.97. The second kappa shape index (κ2) is 7.89. The predicted molar refractivity (Wildman–Crippen MR) is 77.3 cm³/mol. The Morgan fingerprint density at radius 3 is 2.77 bits per heavy atom. The predicted octanol–water partition coefficient (Wildman–Crippen LogP) is 0.627. The summed E-state index contributed by atoms with van der Waals surface area (Å²) in [6.07, 6.45) is -0.0796. The number of para-hydroxylation sites is 1. The molecular formula is C14H16N4O4. The maximum Gasteiger partial charge on any atom is 0.315 e. The van der Waals surface area contributed by atoms with Gasteiger partial charge in [0, 0.05) is 19.3 Å². The van der Waals surface area contributed by atoms with E-state index in [0.717, 1.165) is 0 Å². The molecule has 0 fully saturated rings. The van der Waals surface area contributed by atoms with Crippen LogP contribution in [0, 0.1) is 0 Å². The van der Waals surface area contributed by atoms with E-state index in [0.29, 0.717) is 18.8 Å². The Balaban J connectivity index is 1.86. The highest BCUT2D eigenvalue weighted by Gasteiger charge is 2.16. The number of benzene rings is 1. The van der Waals surface area contributed by atoms with E-state index < -0.39 is 5.91 Å². The Kier molecular flexibility index (Phi) is 5.61. The van der Waals surface area contributed by atoms with E-state index in [9.17, 15) is 9.59 Å². The summed E-state index contributed by atoms with van der Waals surface area (Å²) in [6.45, 7) is 0.716. The molecule has 0 spiro atoms. The fourth-order valence-corrected chi connectivity index (χ4v) is 1.63. The molecular weight excluding hydrogens is 288 g/mol. The van der Waals surface area contributed by atoms with Crippen molar-refractivity contribution in [3.8, 4) is 0 Å². The minimum absolute atomic E-state index is 0.0796. The first-order valence-corrected chi connectivity index (χ1v) is 6.63. The van der Waals surface area contributed by atoms with Crippen LogP contribution < -0.4 is 10.6 Å². The van der Waals surface area contributed by atoms with Gasteiger partial charge in [-0.15, -0.1) is 0 Å². The highest BCUT2D eigenvalue weighted by atomic mass is 16.5. The van der Waals surface area contributed by atoms with Gasteiger partial charge in [0.15, 0.2) is 5.82 Å². The lowest BCUT2D eigenvalue weighted by Gasteiger charge is -2.02. The van der Waals surface area contributed by atoms with Gasteiger partial charge in [-0.05, 0) is 12.1 Å². The van der Waals surface area contributed by atoms with Crippen LogP contribution in [0.5, 0.6) is 0 Å². The number of carbonyl (C=O) groups is 2. The minimum atomic E-state index is -0.501. The molecule has 1 heterocycles. The molecule has 0 aliphatic rings. The van der Waals surface area contributed by atoms with E-state index in [1.807, 2.05) is 18.2 Å². The number of aromatic nitrogens is 2. The van der Waals surface area contributed by atoms with Crippen LogP contribution in [-0.2, 0) is 16.0 Å². The fourth-order valence-electron chi connectivity index (χ4n) is 1.63. The van der Waals surface area contributed by atoms with E-state index in [1.54, 1.807) is 12.1 Å². The highest BCUT2D eigenvalue weighted by molar-refractivity contribution is 5.92. The summed E-state index contributed by atoms with van der Waals surface area (Å²) >= 11 is 0. The molecule has 0 bridgehead atoms. The van der Waals surface area contributed by atoms with Crippen molar-refractivity contribution in [2.45, 2.75) is 6.42 Å². The molecule has 0 saturated heterocycles. The van der Waals surface area contributed by atoms with Crippen molar-refractivity contribution in [1.29, 1.82) is 0 Å². The fraction of sp³-hybridized carbons (Fsp3) is 0.286. The Morgan fingerprint density at radius 1 is 1.27 bits per heavy atom. The number of anilines is 1. The van der Waals surface area contributed by atoms with Crippen LogP contribution in [0.2, 0.25) is 0 Å². The molecule has 116 valence electrons. The largest absolute Gasteiger partial charge is 0.383 e. The number of rotatable bonds is 7. The molecule has 22 heavy (non-hydrogen) atoms. The Morgan fingerprint density at radius 2 is 2.05 bits per heavy atom. The third-order valence-corrected chi connectivity index (χ3v) is 2.63. The van der Waals surface area contributed by atoms with Crippen LogP contribution in [0.3, 0.4) is 0 Å². The van der Waals surface area contributed by atoms with E-state index in [2.05, 4.69) is 20.8 Å². The van der Waals surface area contributed by atoms with Crippen LogP contribution in [0.15, 0.2) is 34.9 Å². The minimum Gasteiger partial charge on any atom is -0.383 e. The summed E-state index contributed by atoms with van der Waals surface area (Å²) in [6, 6.07) is 9.01. The van der Waals surface area contributed by atoms with E-state index in [1.165, 1.54) is 7.11 Å². The zero-order valence-corrected chi connectivity index (χ0v) is 12.0. The standard InChI is InChI=1S/C14H16N4O4/c1-21-8-7-15-13(20)14-17-11(18-22-14)9-12(19)16-10-5-3-2-4-6-10/h2-6H,7-9H2,1H3,(H,15,20)(H,16,19). The number of hydrogen-bond acceptors (Lipinski definition) is 6. The molecule has 2 rings (SSSR count). The lowest BCUT2D eigenvalue weighted by Crippen LogP contribution is -2.27. The number of carbonyl (C=O) groups excluding carboxylic acids is 2. The number of nitrogens with zero attached hydrogens (tertiary/aromatic N) is 2. The van der Waals surface area contributed by atoms with Gasteiger partial charge in [-0.2, -0.15) is 4.98 Å². The van der Waals surface area contributed by atoms with Crippen LogP contribution >= 0.6 is 0 Å². The van der Waals surface area contributed by atoms with Gasteiger partial charge in [0.2, 0.25) is 5.91 Å². The number of nitrogens with one attached hydrogen (secondary N) is 2. The van der Waals surface area contributed by atoms with Gasteiger partial charge in [0.25, 0.3) is 0 Å². The van der Waals surface area contributed by atoms with Crippen molar-refractivity contribution < 1.29 is 18.8 Å². The number of amides is 2. The van der Waals surface area contributed by atoms with Gasteiger partial charge in [-0.3, -0.25) is 9.59 Å². The molecule has 2 aromatic rings. The Bertz CT molecular complexity index is 627. The van der Waals surface area contributed by atoms with Gasteiger partial charge in [-0.1, -0.05) is 23.4 Å². The van der Waals surface area contributed by atoms with E-state index >= 15 is 0 Å². The highest BCUT2D eigenvalue weighted by Crippen LogP contribution is 2.06. The van der Waals surface area contributed by atoms with Crippen LogP contribution in [0.1, 0.15) is 16.5 Å². The summed E-state index contributed by atoms with van der Waals surface area (Å²) in [5.74, 6) is -0.832. The van der Waals surface area contributed by atoms with Gasteiger partial charge in [0.05, 0.1) is 13.0 Å². The summed E-state index contributed by atoms with van der Waals surface area (Å²) in [5, 5.41) is 8.85. The molecule has 0 saturated carbocycles. The lowest BCUT2D eigenvalue weighted by molar-refractivity contribution is -0.115. The number of hydrogen-bond donors (Lipinski definition) is 2. The Labute approximate surface area is 126 Å². The molecule has 1 aromatic carbocycles. The molecule has 0 aliphatic heterocycles. The molecule has 0 radical (unpaired) electrons. The zero-order chi connectivity index (χ0) is 15.8. The normalized spacial score (nSPS) is 10.2. The summed E-state index contributed by atoms with van der Waals surface area (Å²) in [7, 11) is 1.53. The molecule has 2 amide bonds. The first-order valence-electron chi connectivity index (χ1n) is 6.63. The smallest absolute Gasteiger partial charge is 0.315 e. The summed E-state index contributed by atoms with van der Waals surface area (Å²) in [4.78, 5) is 27.3. The number of methoxy groups -OCH3 is 1. The molecule has 0 unspecified atom stereocenters. The maximum atomic E-state index is 11.8. The first-order chi connectivity index (χ1) is 10.7. The molecule has 1 aromatic heterocycles. The Hall–Kier alpha value is -2.74. The van der Waals surface area contributed by atoms with Crippen LogP contribution in [0.4, 0.5) is 5.69 Å². The average molecular weight is 304 g/mol. The molecule has 8 heteroatoms.